The molecule has 0 saturated carbocycles. The Labute approximate surface area is 330 Å². The van der Waals surface area contributed by atoms with Gasteiger partial charge in [0.05, 0.1) is 23.5 Å². The zero-order valence-electron chi connectivity index (χ0n) is 30.8. The summed E-state index contributed by atoms with van der Waals surface area (Å²) in [7, 11) is 2.13. The quantitative estimate of drug-likeness (QED) is 0.187. The van der Waals surface area contributed by atoms with Crippen molar-refractivity contribution in [3.05, 3.63) is 105 Å². The summed E-state index contributed by atoms with van der Waals surface area (Å²) >= 11 is 3.71. The maximum atomic E-state index is 14.8. The molecule has 7 heterocycles. The lowest BCUT2D eigenvalue weighted by Crippen LogP contribution is -2.52. The molecule has 4 aliphatic heterocycles. The molecule has 15 heteroatoms. The Morgan fingerprint density at radius 3 is 2.55 bits per heavy atom. The minimum atomic E-state index is -0.641. The van der Waals surface area contributed by atoms with Crippen molar-refractivity contribution in [3.63, 3.8) is 0 Å². The molecule has 1 N–H and O–H groups in total. The van der Waals surface area contributed by atoms with Crippen molar-refractivity contribution < 1.29 is 23.2 Å². The molecule has 12 nitrogen and oxygen atoms in total. The molecule has 1 unspecified atom stereocenters. The van der Waals surface area contributed by atoms with E-state index >= 15 is 0 Å². The summed E-state index contributed by atoms with van der Waals surface area (Å²) in [4.78, 5) is 55.8. The van der Waals surface area contributed by atoms with Crippen LogP contribution >= 0.6 is 15.9 Å². The molecule has 56 heavy (non-hydrogen) atoms. The van der Waals surface area contributed by atoms with Crippen molar-refractivity contribution in [1.29, 1.82) is 0 Å². The zero-order valence-corrected chi connectivity index (χ0v) is 32.4. The lowest BCUT2D eigenvalue weighted by molar-refractivity contribution is -0.136. The third-order valence-electron chi connectivity index (χ3n) is 11.8. The number of fused-ring (bicyclic) bond motifs is 2. The van der Waals surface area contributed by atoms with Crippen LogP contribution in [-0.2, 0) is 22.7 Å². The van der Waals surface area contributed by atoms with Crippen LogP contribution in [0.2, 0.25) is 0 Å². The first-order valence-electron chi connectivity index (χ1n) is 19.1. The zero-order chi connectivity index (χ0) is 38.7. The fraction of sp³-hybridized carbons (Fsp3) is 0.366. The molecule has 9 rings (SSSR count). The first kappa shape index (κ1) is 36.4. The van der Waals surface area contributed by atoms with Crippen LogP contribution in [0.3, 0.4) is 0 Å². The van der Waals surface area contributed by atoms with E-state index in [1.165, 1.54) is 12.1 Å². The highest BCUT2D eigenvalue weighted by molar-refractivity contribution is 9.10. The smallest absolute Gasteiger partial charge is 0.255 e. The molecular weight excluding hydrogens is 784 g/mol. The number of halogens is 3. The van der Waals surface area contributed by atoms with Gasteiger partial charge in [-0.2, -0.15) is 5.10 Å². The fourth-order valence-electron chi connectivity index (χ4n) is 8.78. The van der Waals surface area contributed by atoms with Gasteiger partial charge in [-0.25, -0.2) is 23.3 Å². The maximum absolute atomic E-state index is 14.8. The number of hydrogen-bond donors (Lipinski definition) is 1. The van der Waals surface area contributed by atoms with Crippen LogP contribution in [0.4, 0.5) is 20.4 Å². The average molecular weight is 825 g/mol. The molecule has 0 radical (unpaired) electrons. The number of carbonyl (C=O) groups excluding carboxylic acids is 3. The summed E-state index contributed by atoms with van der Waals surface area (Å²) < 4.78 is 31.5. The Morgan fingerprint density at radius 1 is 0.893 bits per heavy atom. The molecule has 3 amide bonds. The molecule has 4 aliphatic rings. The topological polar surface area (TPSA) is 119 Å². The van der Waals surface area contributed by atoms with Crippen LogP contribution in [0.25, 0.3) is 16.9 Å². The second-order valence-corrected chi connectivity index (χ2v) is 16.0. The van der Waals surface area contributed by atoms with Crippen molar-refractivity contribution >= 4 is 50.9 Å². The number of nitrogens with zero attached hydrogens (tertiary/aromatic N) is 8. The number of anilines is 2. The summed E-state index contributed by atoms with van der Waals surface area (Å²) in [5.74, 6) is -0.202. The number of aromatic nitrogens is 4. The number of rotatable bonds is 8. The second-order valence-electron chi connectivity index (χ2n) is 15.1. The van der Waals surface area contributed by atoms with Gasteiger partial charge < -0.3 is 14.7 Å². The number of imide groups is 1. The van der Waals surface area contributed by atoms with E-state index in [0.717, 1.165) is 71.1 Å². The molecule has 0 bridgehead atoms. The summed E-state index contributed by atoms with van der Waals surface area (Å²) in [6, 6.07) is 14.8. The van der Waals surface area contributed by atoms with E-state index in [2.05, 4.69) is 49.3 Å². The van der Waals surface area contributed by atoms with E-state index in [9.17, 15) is 23.2 Å². The van der Waals surface area contributed by atoms with Crippen molar-refractivity contribution in [2.24, 2.45) is 0 Å². The maximum Gasteiger partial charge on any atom is 0.255 e. The number of amides is 3. The van der Waals surface area contributed by atoms with Crippen LogP contribution in [0.5, 0.6) is 0 Å². The number of benzene rings is 2. The Bertz CT molecular complexity index is 2380. The van der Waals surface area contributed by atoms with Crippen LogP contribution in [0.15, 0.2) is 71.5 Å². The normalized spacial score (nSPS) is 20.4. The van der Waals surface area contributed by atoms with Gasteiger partial charge in [0.1, 0.15) is 29.3 Å². The summed E-state index contributed by atoms with van der Waals surface area (Å²) in [6.07, 6.45) is 7.61. The monoisotopic (exact) mass is 823 g/mol. The van der Waals surface area contributed by atoms with Crippen molar-refractivity contribution in [1.82, 2.24) is 34.7 Å². The highest BCUT2D eigenvalue weighted by atomic mass is 79.9. The summed E-state index contributed by atoms with van der Waals surface area (Å²) in [5.41, 5.74) is 5.09. The van der Waals surface area contributed by atoms with E-state index in [1.54, 1.807) is 15.6 Å². The van der Waals surface area contributed by atoms with Crippen LogP contribution < -0.4 is 15.1 Å². The largest absolute Gasteiger partial charge is 0.356 e. The first-order valence-corrected chi connectivity index (χ1v) is 19.8. The molecule has 2 atom stereocenters. The predicted octanol–water partition coefficient (Wildman–Crippen LogP) is 6.04. The third kappa shape index (κ3) is 6.70. The van der Waals surface area contributed by atoms with Crippen molar-refractivity contribution in [2.75, 3.05) is 36.5 Å². The third-order valence-corrected chi connectivity index (χ3v) is 12.5. The predicted molar refractivity (Wildman–Crippen MR) is 209 cm³/mol. The standard InChI is InChI=1S/C41H40BrF2N9O3/c1-49(22-25-18-24-23-52(41(56)28(24)20-31(25)42)35-9-10-38(54)48-40(35)55)27-11-15-50(16-12-27)36-6-2-4-33(46-36)30-21-45-53-17-13-37(47-39(30)53)51-14-3-5-34(51)29-19-26(43)7-8-32(29)44/h2,4,6-8,13,17-21,27,34-35H,3,5,9-12,14-16,22-23H2,1H3,(H,48,54,55)/t34-,35?/m1/s1. The van der Waals surface area contributed by atoms with Crippen molar-refractivity contribution in [2.45, 2.75) is 69.7 Å². The van der Waals surface area contributed by atoms with Gasteiger partial charge in [-0.1, -0.05) is 28.1 Å². The minimum Gasteiger partial charge on any atom is -0.356 e. The van der Waals surface area contributed by atoms with Gasteiger partial charge in [-0.15, -0.1) is 0 Å². The van der Waals surface area contributed by atoms with E-state index in [1.807, 2.05) is 41.4 Å². The number of nitrogens with one attached hydrogen (secondary N) is 1. The summed E-state index contributed by atoms with van der Waals surface area (Å²) in [6.45, 7) is 3.38. The Morgan fingerprint density at radius 2 is 1.73 bits per heavy atom. The molecule has 0 spiro atoms. The van der Waals surface area contributed by atoms with Crippen LogP contribution in [-0.4, -0.2) is 85.9 Å². The van der Waals surface area contributed by atoms with Gasteiger partial charge in [0, 0.05) is 67.0 Å². The van der Waals surface area contributed by atoms with Crippen LogP contribution in [0, 0.1) is 11.6 Å². The fourth-order valence-corrected chi connectivity index (χ4v) is 9.25. The first-order chi connectivity index (χ1) is 27.1. The molecule has 3 aromatic heterocycles. The molecule has 5 aromatic rings. The molecule has 3 saturated heterocycles. The van der Waals surface area contributed by atoms with Gasteiger partial charge >= 0.3 is 0 Å². The molecule has 288 valence electrons. The van der Waals surface area contributed by atoms with E-state index in [4.69, 9.17) is 9.97 Å². The lowest BCUT2D eigenvalue weighted by Gasteiger charge is -2.37. The molecular formula is C41H40BrF2N9O3. The van der Waals surface area contributed by atoms with E-state index in [-0.39, 0.29) is 24.3 Å². The lowest BCUT2D eigenvalue weighted by atomic mass is 10.0. The minimum absolute atomic E-state index is 0.182. The van der Waals surface area contributed by atoms with Gasteiger partial charge in [0.15, 0.2) is 5.65 Å². The SMILES string of the molecule is CN(Cc1cc2c(cc1Br)C(=O)N(C1CCC(=O)NC1=O)C2)C1CCN(c2cccc(-c3cnn4ccc(N5CCC[C@@H]5c5cc(F)ccc5F)nc34)n2)CC1. The van der Waals surface area contributed by atoms with Gasteiger partial charge in [-0.3, -0.25) is 24.6 Å². The summed E-state index contributed by atoms with van der Waals surface area (Å²) in [5, 5.41) is 6.92. The number of pyridine rings is 1. The Hall–Kier alpha value is -5.28. The second kappa shape index (κ2) is 14.7. The number of carbonyl (C=O) groups is 3. The average Bonchev–Trinajstić information content (AvgIpc) is 3.94. The highest BCUT2D eigenvalue weighted by Gasteiger charge is 2.39. The van der Waals surface area contributed by atoms with Crippen LogP contribution in [0.1, 0.15) is 71.6 Å². The highest BCUT2D eigenvalue weighted by Crippen LogP contribution is 2.38. The number of hydrogen-bond acceptors (Lipinski definition) is 9. The Kier molecular flexibility index (Phi) is 9.52. The van der Waals surface area contributed by atoms with Gasteiger partial charge in [0.25, 0.3) is 5.91 Å². The molecule has 0 aliphatic carbocycles. The molecule has 3 fully saturated rings. The molecule has 2 aromatic carbocycles. The van der Waals surface area contributed by atoms with E-state index in [0.29, 0.717) is 61.1 Å². The number of piperidine rings is 2. The van der Waals surface area contributed by atoms with Crippen molar-refractivity contribution in [3.8, 4) is 11.3 Å². The van der Waals surface area contributed by atoms with E-state index < -0.39 is 23.6 Å². The van der Waals surface area contributed by atoms with Gasteiger partial charge in [-0.05, 0) is 92.7 Å². The Balaban J connectivity index is 0.863. The van der Waals surface area contributed by atoms with Gasteiger partial charge in [0.2, 0.25) is 11.8 Å².